The van der Waals surface area contributed by atoms with Gasteiger partial charge in [-0.3, -0.25) is 0 Å². The molecule has 1 aromatic rings. The van der Waals surface area contributed by atoms with Crippen LogP contribution in [0.25, 0.3) is 0 Å². The van der Waals surface area contributed by atoms with Gasteiger partial charge in [-0.05, 0) is 37.8 Å². The molecule has 2 aliphatic rings. The lowest BCUT2D eigenvalue weighted by molar-refractivity contribution is 0.353. The van der Waals surface area contributed by atoms with Gasteiger partial charge >= 0.3 is 0 Å². The van der Waals surface area contributed by atoms with Crippen molar-refractivity contribution in [3.63, 3.8) is 0 Å². The number of rotatable bonds is 2. The summed E-state index contributed by atoms with van der Waals surface area (Å²) in [6.45, 7) is 0. The zero-order valence-corrected chi connectivity index (χ0v) is 10.7. The maximum absolute atomic E-state index is 5.76. The molecule has 3 rings (SSSR count). The average Bonchev–Trinajstić information content (AvgIpc) is 2.68. The van der Waals surface area contributed by atoms with Crippen molar-refractivity contribution in [3.8, 4) is 0 Å². The summed E-state index contributed by atoms with van der Waals surface area (Å²) in [5, 5.41) is 12.2. The summed E-state index contributed by atoms with van der Waals surface area (Å²) >= 11 is 5.76. The standard InChI is InChI=1S/C12H17ClN4/c1-17(12-5-4-11(13)15-16-12)10-6-8-2-3-9(7-10)14-8/h4-5,8-10,14H,2-3,6-7H2,1H3. The van der Waals surface area contributed by atoms with E-state index in [-0.39, 0.29) is 0 Å². The van der Waals surface area contributed by atoms with Crippen LogP contribution in [-0.4, -0.2) is 35.4 Å². The Morgan fingerprint density at radius 2 is 1.94 bits per heavy atom. The minimum Gasteiger partial charge on any atom is -0.355 e. The highest BCUT2D eigenvalue weighted by molar-refractivity contribution is 6.29. The quantitative estimate of drug-likeness (QED) is 0.872. The van der Waals surface area contributed by atoms with Crippen LogP contribution in [0, 0.1) is 0 Å². The van der Waals surface area contributed by atoms with Crippen LogP contribution in [0.15, 0.2) is 12.1 Å². The number of nitrogens with one attached hydrogen (secondary N) is 1. The maximum atomic E-state index is 5.76. The van der Waals surface area contributed by atoms with Crippen LogP contribution in [0.3, 0.4) is 0 Å². The van der Waals surface area contributed by atoms with E-state index < -0.39 is 0 Å². The zero-order valence-electron chi connectivity index (χ0n) is 9.93. The third-order valence-corrected chi connectivity index (χ3v) is 4.18. The monoisotopic (exact) mass is 252 g/mol. The Morgan fingerprint density at radius 3 is 2.53 bits per heavy atom. The summed E-state index contributed by atoms with van der Waals surface area (Å²) in [5.74, 6) is 0.917. The van der Waals surface area contributed by atoms with Gasteiger partial charge in [0.05, 0.1) is 0 Å². The number of fused-ring (bicyclic) bond motifs is 2. The van der Waals surface area contributed by atoms with Crippen molar-refractivity contribution in [3.05, 3.63) is 17.3 Å². The number of aromatic nitrogens is 2. The molecule has 2 aliphatic heterocycles. The SMILES string of the molecule is CN(c1ccc(Cl)nn1)C1CC2CCC(C1)N2. The third kappa shape index (κ3) is 2.24. The van der Waals surface area contributed by atoms with Crippen LogP contribution < -0.4 is 10.2 Å². The summed E-state index contributed by atoms with van der Waals surface area (Å²) in [5.41, 5.74) is 0. The molecule has 2 bridgehead atoms. The fraction of sp³-hybridized carbons (Fsp3) is 0.667. The van der Waals surface area contributed by atoms with E-state index in [9.17, 15) is 0 Å². The molecule has 2 unspecified atom stereocenters. The van der Waals surface area contributed by atoms with Gasteiger partial charge in [-0.1, -0.05) is 11.6 Å². The molecule has 1 N–H and O–H groups in total. The highest BCUT2D eigenvalue weighted by Gasteiger charge is 2.35. The number of hydrogen-bond donors (Lipinski definition) is 1. The molecule has 0 aromatic carbocycles. The molecule has 0 saturated carbocycles. The Morgan fingerprint density at radius 1 is 1.24 bits per heavy atom. The lowest BCUT2D eigenvalue weighted by atomic mass is 9.98. The van der Waals surface area contributed by atoms with Crippen LogP contribution in [0.2, 0.25) is 5.15 Å². The smallest absolute Gasteiger partial charge is 0.151 e. The van der Waals surface area contributed by atoms with Gasteiger partial charge in [-0.15, -0.1) is 10.2 Å². The molecule has 2 atom stereocenters. The van der Waals surface area contributed by atoms with E-state index in [0.29, 0.717) is 23.3 Å². The second kappa shape index (κ2) is 4.42. The van der Waals surface area contributed by atoms with Crippen LogP contribution in [-0.2, 0) is 0 Å². The van der Waals surface area contributed by atoms with Crippen molar-refractivity contribution in [2.24, 2.45) is 0 Å². The highest BCUT2D eigenvalue weighted by atomic mass is 35.5. The Labute approximate surface area is 106 Å². The largest absolute Gasteiger partial charge is 0.355 e. The number of halogens is 1. The molecule has 0 aliphatic carbocycles. The van der Waals surface area contributed by atoms with E-state index in [2.05, 4.69) is 27.5 Å². The topological polar surface area (TPSA) is 41.1 Å². The van der Waals surface area contributed by atoms with Gasteiger partial charge in [0.2, 0.25) is 0 Å². The van der Waals surface area contributed by atoms with E-state index >= 15 is 0 Å². The maximum Gasteiger partial charge on any atom is 0.151 e. The van der Waals surface area contributed by atoms with Gasteiger partial charge in [0, 0.05) is 25.2 Å². The summed E-state index contributed by atoms with van der Waals surface area (Å²) in [4.78, 5) is 2.25. The molecule has 17 heavy (non-hydrogen) atoms. The van der Waals surface area contributed by atoms with E-state index in [0.717, 1.165) is 5.82 Å². The Hall–Kier alpha value is -0.870. The first-order valence-corrected chi connectivity index (χ1v) is 6.58. The summed E-state index contributed by atoms with van der Waals surface area (Å²) in [6, 6.07) is 5.71. The predicted octanol–water partition coefficient (Wildman–Crippen LogP) is 1.85. The molecule has 4 nitrogen and oxygen atoms in total. The van der Waals surface area contributed by atoms with Crippen molar-refractivity contribution < 1.29 is 0 Å². The molecule has 0 amide bonds. The number of hydrogen-bond acceptors (Lipinski definition) is 4. The molecular formula is C12H17ClN4. The van der Waals surface area contributed by atoms with Crippen molar-refractivity contribution in [1.82, 2.24) is 15.5 Å². The first-order chi connectivity index (χ1) is 8.22. The van der Waals surface area contributed by atoms with Crippen molar-refractivity contribution in [2.45, 2.75) is 43.8 Å². The van der Waals surface area contributed by atoms with Crippen molar-refractivity contribution in [1.29, 1.82) is 0 Å². The summed E-state index contributed by atoms with van der Waals surface area (Å²) < 4.78 is 0. The third-order valence-electron chi connectivity index (χ3n) is 3.98. The Balaban J connectivity index is 1.73. The fourth-order valence-corrected chi connectivity index (χ4v) is 3.13. The molecule has 92 valence electrons. The molecule has 0 spiro atoms. The van der Waals surface area contributed by atoms with E-state index in [1.165, 1.54) is 25.7 Å². The van der Waals surface area contributed by atoms with Crippen LogP contribution in [0.5, 0.6) is 0 Å². The summed E-state index contributed by atoms with van der Waals surface area (Å²) in [6.07, 6.45) is 5.05. The van der Waals surface area contributed by atoms with Gasteiger partial charge in [0.15, 0.2) is 11.0 Å². The van der Waals surface area contributed by atoms with Gasteiger partial charge in [-0.2, -0.15) is 0 Å². The minimum atomic E-state index is 0.451. The van der Waals surface area contributed by atoms with Crippen LogP contribution in [0.4, 0.5) is 5.82 Å². The molecule has 0 radical (unpaired) electrons. The van der Waals surface area contributed by atoms with Crippen molar-refractivity contribution in [2.75, 3.05) is 11.9 Å². The first kappa shape index (κ1) is 11.2. The summed E-state index contributed by atoms with van der Waals surface area (Å²) in [7, 11) is 2.10. The molecule has 1 aromatic heterocycles. The van der Waals surface area contributed by atoms with E-state index in [4.69, 9.17) is 11.6 Å². The predicted molar refractivity (Wildman–Crippen MR) is 68.4 cm³/mol. The normalized spacial score (nSPS) is 31.5. The Bertz CT molecular complexity index is 382. The van der Waals surface area contributed by atoms with Gasteiger partial charge in [0.25, 0.3) is 0 Å². The molecule has 2 saturated heterocycles. The molecular weight excluding hydrogens is 236 g/mol. The molecule has 3 heterocycles. The minimum absolute atomic E-state index is 0.451. The van der Waals surface area contributed by atoms with Crippen LogP contribution in [0.1, 0.15) is 25.7 Å². The molecule has 5 heteroatoms. The number of anilines is 1. The van der Waals surface area contributed by atoms with Crippen LogP contribution >= 0.6 is 11.6 Å². The van der Waals surface area contributed by atoms with E-state index in [1.54, 1.807) is 6.07 Å². The highest BCUT2D eigenvalue weighted by Crippen LogP contribution is 2.30. The number of nitrogens with zero attached hydrogens (tertiary/aromatic N) is 3. The molecule has 2 fully saturated rings. The van der Waals surface area contributed by atoms with Gasteiger partial charge < -0.3 is 10.2 Å². The van der Waals surface area contributed by atoms with Gasteiger partial charge in [0.1, 0.15) is 0 Å². The number of piperidine rings is 1. The second-order valence-corrected chi connectivity index (χ2v) is 5.48. The van der Waals surface area contributed by atoms with Gasteiger partial charge in [-0.25, -0.2) is 0 Å². The lowest BCUT2D eigenvalue weighted by Gasteiger charge is -2.35. The zero-order chi connectivity index (χ0) is 11.8. The van der Waals surface area contributed by atoms with Crippen molar-refractivity contribution >= 4 is 17.4 Å². The first-order valence-electron chi connectivity index (χ1n) is 6.20. The lowest BCUT2D eigenvalue weighted by Crippen LogP contribution is -2.47. The second-order valence-electron chi connectivity index (χ2n) is 5.09. The fourth-order valence-electron chi connectivity index (χ4n) is 3.03. The van der Waals surface area contributed by atoms with E-state index in [1.807, 2.05) is 6.07 Å². The Kier molecular flexibility index (Phi) is 2.92. The average molecular weight is 253 g/mol.